The number of para-hydroxylation sites is 1. The van der Waals surface area contributed by atoms with Crippen molar-refractivity contribution in [3.05, 3.63) is 264 Å². The lowest BCUT2D eigenvalue weighted by atomic mass is 9.87. The highest BCUT2D eigenvalue weighted by Crippen LogP contribution is 2.41. The average Bonchev–Trinajstić information content (AvgIpc) is 3.53. The first kappa shape index (κ1) is 51.8. The van der Waals surface area contributed by atoms with E-state index in [-0.39, 0.29) is 6.04 Å². The molecule has 0 radical (unpaired) electrons. The summed E-state index contributed by atoms with van der Waals surface area (Å²) in [6.45, 7) is 23.7. The second kappa shape index (κ2) is 25.2. The fourth-order valence-corrected chi connectivity index (χ4v) is 9.52. The summed E-state index contributed by atoms with van der Waals surface area (Å²) in [5.74, 6) is 0. The smallest absolute Gasteiger partial charge is 0.0543 e. The van der Waals surface area contributed by atoms with Gasteiger partial charge in [-0.3, -0.25) is 4.99 Å². The Morgan fingerprint density at radius 2 is 1.46 bits per heavy atom. The molecule has 6 aromatic carbocycles. The zero-order valence-corrected chi connectivity index (χ0v) is 43.9. The van der Waals surface area contributed by atoms with Crippen LogP contribution in [-0.2, 0) is 6.42 Å². The lowest BCUT2D eigenvalue weighted by molar-refractivity contribution is 0.827. The van der Waals surface area contributed by atoms with Crippen LogP contribution in [0.15, 0.2) is 241 Å². The Labute approximate surface area is 430 Å². The lowest BCUT2D eigenvalue weighted by Gasteiger charge is -2.32. The number of anilines is 1. The monoisotopic (exact) mass is 942 g/mol. The summed E-state index contributed by atoms with van der Waals surface area (Å²) in [4.78, 5) is 7.02. The van der Waals surface area contributed by atoms with Gasteiger partial charge in [0.05, 0.1) is 11.0 Å². The molecule has 0 bridgehead atoms. The number of nitrogens with zero attached hydrogens (tertiary/aromatic N) is 3. The molecule has 0 saturated heterocycles. The fraction of sp³-hybridized carbons (Fsp3) is 0.174. The third-order valence-corrected chi connectivity index (χ3v) is 13.0. The first-order valence-corrected chi connectivity index (χ1v) is 25.8. The van der Waals surface area contributed by atoms with E-state index in [9.17, 15) is 0 Å². The summed E-state index contributed by atoms with van der Waals surface area (Å²) in [5.41, 5.74) is 19.7. The summed E-state index contributed by atoms with van der Waals surface area (Å²) >= 11 is 0. The van der Waals surface area contributed by atoms with Crippen molar-refractivity contribution >= 4 is 44.9 Å². The van der Waals surface area contributed by atoms with Crippen molar-refractivity contribution in [2.24, 2.45) is 4.99 Å². The highest BCUT2D eigenvalue weighted by atomic mass is 15.2. The van der Waals surface area contributed by atoms with Gasteiger partial charge in [0.15, 0.2) is 0 Å². The molecule has 7 aromatic rings. The summed E-state index contributed by atoms with van der Waals surface area (Å²) in [6.07, 6.45) is 35.8. The molecule has 0 fully saturated rings. The first-order valence-electron chi connectivity index (χ1n) is 25.8. The van der Waals surface area contributed by atoms with Crippen LogP contribution in [0.4, 0.5) is 5.69 Å². The molecule has 9 rings (SSSR count). The van der Waals surface area contributed by atoms with Gasteiger partial charge in [0.2, 0.25) is 0 Å². The van der Waals surface area contributed by atoms with E-state index in [1.807, 2.05) is 59.2 Å². The van der Waals surface area contributed by atoms with Crippen molar-refractivity contribution in [2.75, 3.05) is 4.90 Å². The van der Waals surface area contributed by atoms with E-state index in [0.29, 0.717) is 0 Å². The van der Waals surface area contributed by atoms with Gasteiger partial charge < -0.3 is 9.47 Å². The Kier molecular flexibility index (Phi) is 18.1. The molecule has 2 heterocycles. The molecule has 1 aliphatic carbocycles. The normalized spacial score (nSPS) is 15.8. The molecular formula is C69H71N3. The summed E-state index contributed by atoms with van der Waals surface area (Å²) in [7, 11) is 0. The molecular weight excluding hydrogens is 871 g/mol. The molecule has 3 heteroatoms. The molecule has 3 nitrogen and oxygen atoms in total. The number of benzene rings is 6. The molecule has 0 saturated carbocycles. The number of hydrogen-bond donors (Lipinski definition) is 0. The van der Waals surface area contributed by atoms with Crippen molar-refractivity contribution in [2.45, 2.75) is 81.2 Å². The molecule has 0 spiro atoms. The molecule has 0 amide bonds. The lowest BCUT2D eigenvalue weighted by Crippen LogP contribution is -2.31. The highest BCUT2D eigenvalue weighted by molar-refractivity contribution is 6.11. The molecule has 0 N–H and O–H groups in total. The maximum atomic E-state index is 4.82. The summed E-state index contributed by atoms with van der Waals surface area (Å²) < 4.78 is 2.40. The van der Waals surface area contributed by atoms with Crippen molar-refractivity contribution in [3.63, 3.8) is 0 Å². The van der Waals surface area contributed by atoms with Crippen molar-refractivity contribution < 1.29 is 0 Å². The summed E-state index contributed by atoms with van der Waals surface area (Å²) in [5, 5.41) is 2.46. The van der Waals surface area contributed by atoms with Crippen LogP contribution < -0.4 is 4.90 Å². The highest BCUT2D eigenvalue weighted by Gasteiger charge is 2.22. The Balaban J connectivity index is 0.00000186. The van der Waals surface area contributed by atoms with Crippen LogP contribution in [-0.4, -0.2) is 16.8 Å². The van der Waals surface area contributed by atoms with Crippen LogP contribution in [0.2, 0.25) is 0 Å². The van der Waals surface area contributed by atoms with Gasteiger partial charge >= 0.3 is 0 Å². The van der Waals surface area contributed by atoms with Gasteiger partial charge in [0.1, 0.15) is 0 Å². The van der Waals surface area contributed by atoms with Crippen LogP contribution >= 0.6 is 0 Å². The number of aromatic nitrogens is 1. The van der Waals surface area contributed by atoms with Gasteiger partial charge in [-0.05, 0) is 193 Å². The zero-order valence-electron chi connectivity index (χ0n) is 43.9. The van der Waals surface area contributed by atoms with Crippen molar-refractivity contribution in [3.8, 4) is 27.9 Å². The summed E-state index contributed by atoms with van der Waals surface area (Å²) in [6, 6.07) is 47.0. The molecule has 362 valence electrons. The van der Waals surface area contributed by atoms with Crippen LogP contribution in [0.3, 0.4) is 0 Å². The Morgan fingerprint density at radius 3 is 2.24 bits per heavy atom. The number of allylic oxidation sites excluding steroid dienone is 16. The van der Waals surface area contributed by atoms with E-state index >= 15 is 0 Å². The van der Waals surface area contributed by atoms with Gasteiger partial charge in [-0.15, -0.1) is 0 Å². The van der Waals surface area contributed by atoms with Gasteiger partial charge in [-0.25, -0.2) is 0 Å². The molecule has 1 atom stereocenters. The Hall–Kier alpha value is -8.01. The minimum atomic E-state index is 0.160. The van der Waals surface area contributed by atoms with Crippen LogP contribution in [0.1, 0.15) is 82.7 Å². The van der Waals surface area contributed by atoms with Crippen LogP contribution in [0, 0.1) is 13.8 Å². The second-order valence-corrected chi connectivity index (χ2v) is 17.7. The third kappa shape index (κ3) is 11.9. The maximum absolute atomic E-state index is 4.82. The van der Waals surface area contributed by atoms with E-state index in [0.717, 1.165) is 46.4 Å². The number of aryl methyl sites for hydroxylation is 1. The van der Waals surface area contributed by atoms with Crippen molar-refractivity contribution in [1.82, 2.24) is 4.57 Å². The molecule has 2 aliphatic rings. The number of aliphatic imine (C=N–C) groups is 1. The third-order valence-electron chi connectivity index (χ3n) is 13.0. The Morgan fingerprint density at radius 1 is 0.708 bits per heavy atom. The Bertz CT molecular complexity index is 3330. The van der Waals surface area contributed by atoms with E-state index in [2.05, 4.69) is 242 Å². The predicted molar refractivity (Wildman–Crippen MR) is 318 cm³/mol. The topological polar surface area (TPSA) is 20.5 Å². The minimum Gasteiger partial charge on any atom is -0.335 e. The molecule has 1 aliphatic heterocycles. The average molecular weight is 942 g/mol. The van der Waals surface area contributed by atoms with Crippen LogP contribution in [0.25, 0.3) is 60.9 Å². The fourth-order valence-electron chi connectivity index (χ4n) is 9.52. The molecule has 72 heavy (non-hydrogen) atoms. The largest absolute Gasteiger partial charge is 0.335 e. The molecule has 1 unspecified atom stereocenters. The second-order valence-electron chi connectivity index (χ2n) is 17.7. The number of hydrogen-bond acceptors (Lipinski definition) is 2. The van der Waals surface area contributed by atoms with E-state index in [4.69, 9.17) is 6.58 Å². The van der Waals surface area contributed by atoms with Gasteiger partial charge in [-0.1, -0.05) is 168 Å². The maximum Gasteiger partial charge on any atom is 0.0543 e. The number of rotatable bonds is 11. The van der Waals surface area contributed by atoms with Crippen LogP contribution in [0.5, 0.6) is 0 Å². The minimum absolute atomic E-state index is 0.160. The van der Waals surface area contributed by atoms with Gasteiger partial charge in [-0.2, -0.15) is 0 Å². The predicted octanol–water partition coefficient (Wildman–Crippen LogP) is 19.3. The SMILES string of the molecule is C=C(/C=C(/C=C/N=C\C=C/C)\C=C(/C)c1ccccc1)c1cc(-c2ccc3c(c2)C/C=C\C=C/C(C)N3C2=CCC=CC=C2)cc(-c2ccc3c(c2)c2ccc(C)cc2n3-c2ccccc2)c1C.CC.CC. The van der Waals surface area contributed by atoms with E-state index in [1.54, 1.807) is 0 Å². The van der Waals surface area contributed by atoms with E-state index < -0.39 is 0 Å². The van der Waals surface area contributed by atoms with Crippen molar-refractivity contribution in [1.29, 1.82) is 0 Å². The standard InChI is InChI=1S/C65H59N3.2C2H6/c1-7-8-37-66-38-36-51(40-47(3)52-23-15-12-16-24-52)41-48(4)60-44-56(53-31-34-63-55(42-53)25-17-11-14-22-49(5)67(63)57-26-18-9-10-19-27-57)45-61(50(60)6)54-32-35-64-62(43-54)59-33-30-46(2)39-65(59)68(64)58-28-20-13-21-29-58;2*1-2/h7-18,20-24,26-45,49H,4,19,25H2,1-3,5-6H3;2*1-2H3/b8-7-,17-11-,22-14-,38-36+,47-40+,51-41-,66-37-;;. The van der Waals surface area contributed by atoms with E-state index in [1.165, 1.54) is 72.1 Å². The zero-order chi connectivity index (χ0) is 51.0. The number of fused-ring (bicyclic) bond motifs is 4. The molecule has 1 aromatic heterocycles. The van der Waals surface area contributed by atoms with Gasteiger partial charge in [0, 0.05) is 46.3 Å². The van der Waals surface area contributed by atoms with Gasteiger partial charge in [0.25, 0.3) is 0 Å². The quantitative estimate of drug-likeness (QED) is 0.0935. The first-order chi connectivity index (χ1) is 35.3.